The standard InChI is InChI=1S/C12H18N4O4S/c1-12(5-2-6-12)8-14-21(19,20)11-4-3-9(15-13)7-10(11)16(17)18/h3-4,7,14-15H,2,5-6,8,13H2,1H3. The normalized spacial score (nSPS) is 17.0. The molecule has 9 heteroatoms. The Morgan fingerprint density at radius 3 is 2.57 bits per heavy atom. The molecule has 8 nitrogen and oxygen atoms in total. The predicted octanol–water partition coefficient (Wildman–Crippen LogP) is 1.35. The van der Waals surface area contributed by atoms with Crippen molar-refractivity contribution >= 4 is 21.4 Å². The summed E-state index contributed by atoms with van der Waals surface area (Å²) in [7, 11) is -3.93. The second-order valence-electron chi connectivity index (χ2n) is 5.57. The first-order valence-corrected chi connectivity index (χ1v) is 8.00. The Kier molecular flexibility index (Phi) is 4.17. The monoisotopic (exact) mass is 314 g/mol. The Labute approximate surface area is 122 Å². The van der Waals surface area contributed by atoms with Crippen molar-refractivity contribution in [3.63, 3.8) is 0 Å². The van der Waals surface area contributed by atoms with Crippen molar-refractivity contribution in [2.45, 2.75) is 31.1 Å². The third-order valence-electron chi connectivity index (χ3n) is 3.86. The fraction of sp³-hybridized carbons (Fsp3) is 0.500. The Morgan fingerprint density at radius 2 is 2.10 bits per heavy atom. The highest BCUT2D eigenvalue weighted by molar-refractivity contribution is 7.89. The number of sulfonamides is 1. The van der Waals surface area contributed by atoms with Crippen molar-refractivity contribution in [2.75, 3.05) is 12.0 Å². The first-order chi connectivity index (χ1) is 9.77. The average Bonchev–Trinajstić information content (AvgIpc) is 2.42. The van der Waals surface area contributed by atoms with E-state index in [2.05, 4.69) is 10.1 Å². The van der Waals surface area contributed by atoms with Gasteiger partial charge in [-0.3, -0.25) is 16.0 Å². The highest BCUT2D eigenvalue weighted by Gasteiger charge is 2.34. The number of rotatable bonds is 6. The minimum absolute atomic E-state index is 0.0550. The van der Waals surface area contributed by atoms with Gasteiger partial charge in [-0.15, -0.1) is 0 Å². The maximum absolute atomic E-state index is 12.3. The molecule has 4 N–H and O–H groups in total. The molecule has 0 spiro atoms. The summed E-state index contributed by atoms with van der Waals surface area (Å²) >= 11 is 0. The lowest BCUT2D eigenvalue weighted by Gasteiger charge is -2.38. The van der Waals surface area contributed by atoms with Crippen molar-refractivity contribution in [1.82, 2.24) is 4.72 Å². The number of nitrogen functional groups attached to an aromatic ring is 1. The zero-order valence-corrected chi connectivity index (χ0v) is 12.4. The van der Waals surface area contributed by atoms with Gasteiger partial charge in [-0.25, -0.2) is 13.1 Å². The predicted molar refractivity (Wildman–Crippen MR) is 78.1 cm³/mol. The van der Waals surface area contributed by atoms with Crippen molar-refractivity contribution < 1.29 is 13.3 Å². The van der Waals surface area contributed by atoms with Crippen LogP contribution in [0.1, 0.15) is 26.2 Å². The lowest BCUT2D eigenvalue weighted by atomic mass is 9.71. The van der Waals surface area contributed by atoms with E-state index in [1.165, 1.54) is 12.1 Å². The SMILES string of the molecule is CC1(CNS(=O)(=O)c2ccc(NN)cc2[N+](=O)[O-])CCC1. The lowest BCUT2D eigenvalue weighted by Crippen LogP contribution is -2.40. The van der Waals surface area contributed by atoms with Gasteiger partial charge in [-0.2, -0.15) is 0 Å². The number of hydrogen-bond acceptors (Lipinski definition) is 6. The molecular weight excluding hydrogens is 296 g/mol. The summed E-state index contributed by atoms with van der Waals surface area (Å²) in [6, 6.07) is 3.66. The van der Waals surface area contributed by atoms with Crippen LogP contribution >= 0.6 is 0 Å². The van der Waals surface area contributed by atoms with Crippen LogP contribution in [-0.2, 0) is 10.0 Å². The number of nitrogens with one attached hydrogen (secondary N) is 2. The molecule has 0 radical (unpaired) electrons. The molecule has 1 fully saturated rings. The molecule has 1 aliphatic carbocycles. The van der Waals surface area contributed by atoms with Gasteiger partial charge in [0.1, 0.15) is 0 Å². The third kappa shape index (κ3) is 3.31. The van der Waals surface area contributed by atoms with Gasteiger partial charge in [0.2, 0.25) is 10.0 Å². The van der Waals surface area contributed by atoms with E-state index in [4.69, 9.17) is 5.84 Å². The molecule has 2 rings (SSSR count). The van der Waals surface area contributed by atoms with Crippen molar-refractivity contribution in [2.24, 2.45) is 11.3 Å². The quantitative estimate of drug-likeness (QED) is 0.413. The van der Waals surface area contributed by atoms with Crippen molar-refractivity contribution in [1.29, 1.82) is 0 Å². The highest BCUT2D eigenvalue weighted by atomic mass is 32.2. The second kappa shape index (κ2) is 5.58. The number of nitro groups is 1. The number of nitro benzene ring substituents is 1. The summed E-state index contributed by atoms with van der Waals surface area (Å²) in [6.45, 7) is 2.28. The Bertz CT molecular complexity index is 655. The molecule has 0 saturated heterocycles. The molecule has 1 saturated carbocycles. The summed E-state index contributed by atoms with van der Waals surface area (Å²) in [6.07, 6.45) is 2.98. The van der Waals surface area contributed by atoms with Gasteiger partial charge in [0.25, 0.3) is 5.69 Å². The molecule has 0 unspecified atom stereocenters. The number of hydrogen-bond donors (Lipinski definition) is 3. The average molecular weight is 314 g/mol. The number of hydrazine groups is 1. The lowest BCUT2D eigenvalue weighted by molar-refractivity contribution is -0.387. The number of benzene rings is 1. The van der Waals surface area contributed by atoms with E-state index in [-0.39, 0.29) is 22.5 Å². The smallest absolute Gasteiger partial charge is 0.291 e. The Hall–Kier alpha value is -1.71. The molecule has 0 amide bonds. The van der Waals surface area contributed by atoms with Crippen LogP contribution in [0.2, 0.25) is 0 Å². The summed E-state index contributed by atoms with van der Waals surface area (Å²) in [4.78, 5) is 9.96. The van der Waals surface area contributed by atoms with Gasteiger partial charge in [0.05, 0.1) is 10.6 Å². The summed E-state index contributed by atoms with van der Waals surface area (Å²) in [5.74, 6) is 5.18. The maximum Gasteiger partial charge on any atom is 0.291 e. The first-order valence-electron chi connectivity index (χ1n) is 6.52. The molecule has 1 aromatic rings. The van der Waals surface area contributed by atoms with Crippen LogP contribution in [0.4, 0.5) is 11.4 Å². The molecule has 0 bridgehead atoms. The third-order valence-corrected chi connectivity index (χ3v) is 5.31. The molecule has 0 aromatic heterocycles. The van der Waals surface area contributed by atoms with Crippen LogP contribution in [-0.4, -0.2) is 19.9 Å². The fourth-order valence-electron chi connectivity index (χ4n) is 2.28. The topological polar surface area (TPSA) is 127 Å². The zero-order valence-electron chi connectivity index (χ0n) is 11.6. The Morgan fingerprint density at radius 1 is 1.43 bits per heavy atom. The molecule has 0 aliphatic heterocycles. The van der Waals surface area contributed by atoms with Crippen LogP contribution in [0.25, 0.3) is 0 Å². The van der Waals surface area contributed by atoms with Gasteiger partial charge < -0.3 is 5.43 Å². The molecule has 1 aliphatic rings. The molecule has 0 atom stereocenters. The Balaban J connectivity index is 2.28. The van der Waals surface area contributed by atoms with Gasteiger partial charge >= 0.3 is 0 Å². The second-order valence-corrected chi connectivity index (χ2v) is 7.31. The van der Waals surface area contributed by atoms with Gasteiger partial charge in [-0.1, -0.05) is 13.3 Å². The van der Waals surface area contributed by atoms with Gasteiger partial charge in [0.15, 0.2) is 4.90 Å². The highest BCUT2D eigenvalue weighted by Crippen LogP contribution is 2.40. The van der Waals surface area contributed by atoms with Gasteiger partial charge in [-0.05, 0) is 30.4 Å². The van der Waals surface area contributed by atoms with E-state index >= 15 is 0 Å². The van der Waals surface area contributed by atoms with E-state index in [0.717, 1.165) is 25.3 Å². The van der Waals surface area contributed by atoms with E-state index in [1.54, 1.807) is 0 Å². The van der Waals surface area contributed by atoms with E-state index in [0.29, 0.717) is 0 Å². The molecule has 1 aromatic carbocycles. The summed E-state index contributed by atoms with van der Waals surface area (Å²) in [5.41, 5.74) is 1.97. The molecular formula is C12H18N4O4S. The molecule has 21 heavy (non-hydrogen) atoms. The largest absolute Gasteiger partial charge is 0.324 e. The molecule has 116 valence electrons. The minimum Gasteiger partial charge on any atom is -0.324 e. The number of nitrogens with two attached hydrogens (primary N) is 1. The van der Waals surface area contributed by atoms with Crippen LogP contribution in [0, 0.1) is 15.5 Å². The first kappa shape index (κ1) is 15.7. The van der Waals surface area contributed by atoms with Crippen molar-refractivity contribution in [3.05, 3.63) is 28.3 Å². The summed E-state index contributed by atoms with van der Waals surface area (Å²) in [5, 5.41) is 11.0. The van der Waals surface area contributed by atoms with Crippen LogP contribution in [0.5, 0.6) is 0 Å². The van der Waals surface area contributed by atoms with Crippen LogP contribution in [0.3, 0.4) is 0 Å². The fourth-order valence-corrected chi connectivity index (χ4v) is 3.63. The minimum atomic E-state index is -3.93. The van der Waals surface area contributed by atoms with E-state index in [9.17, 15) is 18.5 Å². The maximum atomic E-state index is 12.3. The van der Waals surface area contributed by atoms with Crippen LogP contribution in [0.15, 0.2) is 23.1 Å². The van der Waals surface area contributed by atoms with E-state index < -0.39 is 20.6 Å². The summed E-state index contributed by atoms with van der Waals surface area (Å²) < 4.78 is 27.0. The van der Waals surface area contributed by atoms with Crippen LogP contribution < -0.4 is 16.0 Å². The zero-order chi connectivity index (χ0) is 15.7. The van der Waals surface area contributed by atoms with Crippen molar-refractivity contribution in [3.8, 4) is 0 Å². The van der Waals surface area contributed by atoms with E-state index in [1.807, 2.05) is 6.92 Å². The molecule has 0 heterocycles. The van der Waals surface area contributed by atoms with Gasteiger partial charge in [0, 0.05) is 12.6 Å². The number of nitrogens with zero attached hydrogens (tertiary/aromatic N) is 1. The number of anilines is 1.